The number of nitrogens with one attached hydrogen (secondary N) is 2. The van der Waals surface area contributed by atoms with Gasteiger partial charge in [-0.05, 0) is 55.0 Å². The zero-order chi connectivity index (χ0) is 20.6. The molecule has 2 N–H and O–H groups in total. The fourth-order valence-corrected chi connectivity index (χ4v) is 3.97. The summed E-state index contributed by atoms with van der Waals surface area (Å²) in [6.45, 7) is 4.75. The van der Waals surface area contributed by atoms with Crippen LogP contribution in [0.25, 0.3) is 21.9 Å². The molecule has 1 aliphatic rings. The number of carbonyl (C=O) groups excluding carboxylic acids is 1. The second kappa shape index (κ2) is 7.81. The van der Waals surface area contributed by atoms with Crippen molar-refractivity contribution in [2.75, 3.05) is 0 Å². The van der Waals surface area contributed by atoms with Crippen LogP contribution in [0.1, 0.15) is 38.7 Å². The number of fused-ring (bicyclic) bond motifs is 3. The Morgan fingerprint density at radius 1 is 1.21 bits per heavy atom. The number of furan rings is 1. The summed E-state index contributed by atoms with van der Waals surface area (Å²) >= 11 is 3.51. The summed E-state index contributed by atoms with van der Waals surface area (Å²) < 4.78 is 7.01. The van der Waals surface area contributed by atoms with E-state index >= 15 is 0 Å². The van der Waals surface area contributed by atoms with Gasteiger partial charge >= 0.3 is 0 Å². The topological polar surface area (TPSA) is 78.1 Å². The molecule has 1 fully saturated rings. The molecule has 1 atom stereocenters. The summed E-state index contributed by atoms with van der Waals surface area (Å²) in [6.07, 6.45) is 2.19. The fraction of sp³-hybridized carbons (Fsp3) is 0.391. The Morgan fingerprint density at radius 2 is 2.00 bits per heavy atom. The summed E-state index contributed by atoms with van der Waals surface area (Å²) in [5.74, 6) is 0.277. The van der Waals surface area contributed by atoms with Crippen molar-refractivity contribution < 1.29 is 9.21 Å². The molecule has 0 unspecified atom stereocenters. The standard InChI is InChI=1S/C23H24BrN3O2/c1-14(2)9-19(22(28)27-23(13-25)7-8-23)26-12-15-3-5-17-18-11-16(24)4-6-20(18)29-21(17)10-15/h3-6,10-11,14,19,26H,7-9,12H2,1-2H3,(H,27,28)/t19-/m0/s1. The van der Waals surface area contributed by atoms with Crippen molar-refractivity contribution in [2.24, 2.45) is 5.92 Å². The quantitative estimate of drug-likeness (QED) is 0.525. The van der Waals surface area contributed by atoms with E-state index in [0.29, 0.717) is 18.9 Å². The van der Waals surface area contributed by atoms with Crippen molar-refractivity contribution in [1.29, 1.82) is 5.26 Å². The lowest BCUT2D eigenvalue weighted by Crippen LogP contribution is -2.48. The molecule has 3 aromatic rings. The third-order valence-corrected chi connectivity index (χ3v) is 5.89. The van der Waals surface area contributed by atoms with Crippen LogP contribution < -0.4 is 10.6 Å². The maximum absolute atomic E-state index is 12.7. The van der Waals surface area contributed by atoms with Crippen LogP contribution in [0.5, 0.6) is 0 Å². The molecule has 1 heterocycles. The average Bonchev–Trinajstić information content (AvgIpc) is 3.37. The highest BCUT2D eigenvalue weighted by Gasteiger charge is 2.45. The minimum Gasteiger partial charge on any atom is -0.456 e. The predicted molar refractivity (Wildman–Crippen MR) is 117 cm³/mol. The fourth-order valence-electron chi connectivity index (χ4n) is 3.61. The van der Waals surface area contributed by atoms with E-state index in [1.165, 1.54) is 0 Å². The van der Waals surface area contributed by atoms with Gasteiger partial charge < -0.3 is 15.1 Å². The number of amides is 1. The minimum atomic E-state index is -0.643. The molecule has 1 aliphatic carbocycles. The van der Waals surface area contributed by atoms with E-state index in [-0.39, 0.29) is 11.9 Å². The SMILES string of the molecule is CC(C)C[C@H](NCc1ccc2c(c1)oc1ccc(Br)cc12)C(=O)NC1(C#N)CC1. The Balaban J connectivity index is 1.50. The maximum atomic E-state index is 12.7. The summed E-state index contributed by atoms with van der Waals surface area (Å²) in [4.78, 5) is 12.7. The van der Waals surface area contributed by atoms with Crippen LogP contribution in [0.3, 0.4) is 0 Å². The minimum absolute atomic E-state index is 0.0904. The van der Waals surface area contributed by atoms with Crippen LogP contribution in [0, 0.1) is 17.2 Å². The van der Waals surface area contributed by atoms with Gasteiger partial charge in [-0.3, -0.25) is 4.79 Å². The summed E-state index contributed by atoms with van der Waals surface area (Å²) in [6, 6.07) is 14.0. The molecular weight excluding hydrogens is 430 g/mol. The number of hydrogen-bond donors (Lipinski definition) is 2. The first kappa shape index (κ1) is 19.9. The summed E-state index contributed by atoms with van der Waals surface area (Å²) in [5, 5.41) is 17.7. The van der Waals surface area contributed by atoms with Crippen molar-refractivity contribution in [3.8, 4) is 6.07 Å². The van der Waals surface area contributed by atoms with E-state index in [0.717, 1.165) is 44.8 Å². The van der Waals surface area contributed by atoms with Crippen molar-refractivity contribution >= 4 is 43.8 Å². The molecule has 29 heavy (non-hydrogen) atoms. The number of nitrogens with zero attached hydrogens (tertiary/aromatic N) is 1. The Kier molecular flexibility index (Phi) is 5.37. The highest BCUT2D eigenvalue weighted by molar-refractivity contribution is 9.10. The number of benzene rings is 2. The van der Waals surface area contributed by atoms with Gasteiger partial charge in [0.1, 0.15) is 16.7 Å². The van der Waals surface area contributed by atoms with Gasteiger partial charge in [0.25, 0.3) is 0 Å². The van der Waals surface area contributed by atoms with Gasteiger partial charge in [0.05, 0.1) is 12.1 Å². The first-order valence-corrected chi connectivity index (χ1v) is 10.8. The van der Waals surface area contributed by atoms with Crippen LogP contribution in [-0.2, 0) is 11.3 Å². The third-order valence-electron chi connectivity index (χ3n) is 5.40. The average molecular weight is 454 g/mol. The van der Waals surface area contributed by atoms with Crippen LogP contribution in [-0.4, -0.2) is 17.5 Å². The van der Waals surface area contributed by atoms with E-state index in [1.807, 2.05) is 18.2 Å². The van der Waals surface area contributed by atoms with E-state index < -0.39 is 5.54 Å². The maximum Gasteiger partial charge on any atom is 0.238 e. The molecular formula is C23H24BrN3O2. The third kappa shape index (κ3) is 4.31. The molecule has 5 nitrogen and oxygen atoms in total. The highest BCUT2D eigenvalue weighted by Crippen LogP contribution is 2.34. The molecule has 1 aromatic heterocycles. The van der Waals surface area contributed by atoms with Crippen LogP contribution in [0.15, 0.2) is 45.3 Å². The zero-order valence-electron chi connectivity index (χ0n) is 16.6. The van der Waals surface area contributed by atoms with E-state index in [1.54, 1.807) is 0 Å². The van der Waals surface area contributed by atoms with Gasteiger partial charge in [0.15, 0.2) is 0 Å². The Labute approximate surface area is 178 Å². The molecule has 6 heteroatoms. The molecule has 0 aliphatic heterocycles. The molecule has 1 saturated carbocycles. The summed E-state index contributed by atoms with van der Waals surface area (Å²) in [7, 11) is 0. The lowest BCUT2D eigenvalue weighted by Gasteiger charge is -2.22. The molecule has 0 radical (unpaired) electrons. The second-order valence-corrected chi connectivity index (χ2v) is 9.23. The highest BCUT2D eigenvalue weighted by atomic mass is 79.9. The first-order chi connectivity index (χ1) is 13.9. The number of halogens is 1. The lowest BCUT2D eigenvalue weighted by atomic mass is 10.0. The number of rotatable bonds is 7. The van der Waals surface area contributed by atoms with Crippen molar-refractivity contribution in [3.05, 3.63) is 46.4 Å². The van der Waals surface area contributed by atoms with Gasteiger partial charge in [-0.1, -0.05) is 41.9 Å². The Morgan fingerprint density at radius 3 is 2.69 bits per heavy atom. The number of nitriles is 1. The molecule has 0 saturated heterocycles. The molecule has 0 bridgehead atoms. The van der Waals surface area contributed by atoms with Gasteiger partial charge in [0.2, 0.25) is 5.91 Å². The van der Waals surface area contributed by atoms with Gasteiger partial charge in [0, 0.05) is 21.8 Å². The normalized spacial score (nSPS) is 16.1. The second-order valence-electron chi connectivity index (χ2n) is 8.32. The lowest BCUT2D eigenvalue weighted by molar-refractivity contribution is -0.124. The molecule has 150 valence electrons. The largest absolute Gasteiger partial charge is 0.456 e. The van der Waals surface area contributed by atoms with Crippen LogP contribution >= 0.6 is 15.9 Å². The smallest absolute Gasteiger partial charge is 0.238 e. The van der Waals surface area contributed by atoms with Crippen molar-refractivity contribution in [1.82, 2.24) is 10.6 Å². The van der Waals surface area contributed by atoms with E-state index in [9.17, 15) is 10.1 Å². The van der Waals surface area contributed by atoms with Crippen LogP contribution in [0.2, 0.25) is 0 Å². The van der Waals surface area contributed by atoms with Gasteiger partial charge in [-0.25, -0.2) is 0 Å². The predicted octanol–water partition coefficient (Wildman–Crippen LogP) is 5.03. The van der Waals surface area contributed by atoms with Gasteiger partial charge in [-0.15, -0.1) is 0 Å². The summed E-state index contributed by atoms with van der Waals surface area (Å²) in [5.41, 5.74) is 2.11. The molecule has 2 aromatic carbocycles. The Hall–Kier alpha value is -2.36. The molecule has 0 spiro atoms. The zero-order valence-corrected chi connectivity index (χ0v) is 18.2. The van der Waals surface area contributed by atoms with E-state index in [2.05, 4.69) is 64.7 Å². The molecule has 1 amide bonds. The number of carbonyl (C=O) groups is 1. The van der Waals surface area contributed by atoms with Crippen LogP contribution in [0.4, 0.5) is 0 Å². The Bertz CT molecular complexity index is 1110. The van der Waals surface area contributed by atoms with Gasteiger partial charge in [-0.2, -0.15) is 5.26 Å². The van der Waals surface area contributed by atoms with E-state index in [4.69, 9.17) is 4.42 Å². The van der Waals surface area contributed by atoms with Crippen molar-refractivity contribution in [3.63, 3.8) is 0 Å². The molecule has 4 rings (SSSR count). The van der Waals surface area contributed by atoms with Crippen molar-refractivity contribution in [2.45, 2.75) is 51.2 Å². The number of hydrogen-bond acceptors (Lipinski definition) is 4. The first-order valence-electron chi connectivity index (χ1n) is 9.96. The monoisotopic (exact) mass is 453 g/mol.